The molecule has 28 heavy (non-hydrogen) atoms. The zero-order valence-corrected chi connectivity index (χ0v) is 15.4. The standard InChI is InChI=1S/C20H21N7O/c28-20(17-3-1-7-21-17)23-9-5-13-11-15-14(6-10-22-19(15)26-13)16-12-25-27-18(16)4-2-8-24-27/h2,4,6,8,10-12,17,21H,1,3,5,7,9H2,(H,22,26)(H,23,28)/t17-/m0/s1. The minimum absolute atomic E-state index is 0.0415. The lowest BCUT2D eigenvalue weighted by molar-refractivity contribution is -0.122. The summed E-state index contributed by atoms with van der Waals surface area (Å²) >= 11 is 0. The highest BCUT2D eigenvalue weighted by atomic mass is 16.2. The van der Waals surface area contributed by atoms with Crippen molar-refractivity contribution in [3.8, 4) is 11.1 Å². The molecular formula is C20H21N7O. The number of pyridine rings is 1. The fourth-order valence-corrected chi connectivity index (χ4v) is 3.84. The number of carbonyl (C=O) groups is 1. The molecule has 1 fully saturated rings. The molecule has 0 bridgehead atoms. The van der Waals surface area contributed by atoms with Crippen molar-refractivity contribution in [3.05, 3.63) is 48.5 Å². The molecule has 8 heteroatoms. The Morgan fingerprint density at radius 3 is 3.11 bits per heavy atom. The van der Waals surface area contributed by atoms with Crippen LogP contribution in [0.15, 0.2) is 42.9 Å². The van der Waals surface area contributed by atoms with Gasteiger partial charge >= 0.3 is 0 Å². The topological polar surface area (TPSA) is 100 Å². The Morgan fingerprint density at radius 1 is 1.25 bits per heavy atom. The second kappa shape index (κ2) is 7.05. The molecule has 0 aromatic carbocycles. The summed E-state index contributed by atoms with van der Waals surface area (Å²) in [6, 6.07) is 7.97. The van der Waals surface area contributed by atoms with Crippen LogP contribution in [0.1, 0.15) is 18.5 Å². The van der Waals surface area contributed by atoms with Crippen LogP contribution in [0.2, 0.25) is 0 Å². The van der Waals surface area contributed by atoms with Crippen LogP contribution in [-0.4, -0.2) is 49.8 Å². The van der Waals surface area contributed by atoms with Crippen LogP contribution in [0.3, 0.4) is 0 Å². The summed E-state index contributed by atoms with van der Waals surface area (Å²) in [5, 5.41) is 15.9. The van der Waals surface area contributed by atoms with Gasteiger partial charge in [0.05, 0.1) is 17.8 Å². The average molecular weight is 375 g/mol. The van der Waals surface area contributed by atoms with E-state index in [1.807, 2.05) is 24.4 Å². The number of nitrogens with one attached hydrogen (secondary N) is 3. The number of amides is 1. The van der Waals surface area contributed by atoms with Crippen LogP contribution in [0.5, 0.6) is 0 Å². The van der Waals surface area contributed by atoms with E-state index >= 15 is 0 Å². The molecule has 8 nitrogen and oxygen atoms in total. The third kappa shape index (κ3) is 3.01. The van der Waals surface area contributed by atoms with E-state index in [-0.39, 0.29) is 11.9 Å². The van der Waals surface area contributed by atoms with E-state index in [0.717, 1.165) is 59.2 Å². The lowest BCUT2D eigenvalue weighted by atomic mass is 10.1. The quantitative estimate of drug-likeness (QED) is 0.493. The average Bonchev–Trinajstić information content (AvgIpc) is 3.46. The highest BCUT2D eigenvalue weighted by Crippen LogP contribution is 2.30. The molecule has 142 valence electrons. The molecule has 1 saturated heterocycles. The molecule has 1 amide bonds. The van der Waals surface area contributed by atoms with Crippen LogP contribution in [0.25, 0.3) is 27.7 Å². The molecule has 4 aromatic rings. The van der Waals surface area contributed by atoms with Crippen molar-refractivity contribution in [2.24, 2.45) is 0 Å². The van der Waals surface area contributed by atoms with Crippen LogP contribution in [-0.2, 0) is 11.2 Å². The number of aromatic amines is 1. The molecule has 1 aliphatic heterocycles. The van der Waals surface area contributed by atoms with Gasteiger partial charge in [0.25, 0.3) is 0 Å². The smallest absolute Gasteiger partial charge is 0.237 e. The number of hydrogen-bond acceptors (Lipinski definition) is 5. The first kappa shape index (κ1) is 16.9. The summed E-state index contributed by atoms with van der Waals surface area (Å²) < 4.78 is 1.63. The summed E-state index contributed by atoms with van der Waals surface area (Å²) in [5.74, 6) is 0.0891. The van der Waals surface area contributed by atoms with E-state index in [1.54, 1.807) is 17.0 Å². The van der Waals surface area contributed by atoms with Gasteiger partial charge in [-0.2, -0.15) is 14.8 Å². The van der Waals surface area contributed by atoms with Gasteiger partial charge in [-0.1, -0.05) is 0 Å². The third-order valence-electron chi connectivity index (χ3n) is 5.25. The van der Waals surface area contributed by atoms with E-state index in [4.69, 9.17) is 0 Å². The fraction of sp³-hybridized carbons (Fsp3) is 0.300. The molecule has 3 N–H and O–H groups in total. The maximum absolute atomic E-state index is 12.1. The number of nitrogens with zero attached hydrogens (tertiary/aromatic N) is 4. The van der Waals surface area contributed by atoms with Gasteiger partial charge in [0.2, 0.25) is 5.91 Å². The lowest BCUT2D eigenvalue weighted by Crippen LogP contribution is -2.41. The van der Waals surface area contributed by atoms with Crippen molar-refractivity contribution in [1.82, 2.24) is 35.4 Å². The van der Waals surface area contributed by atoms with Crippen LogP contribution in [0, 0.1) is 0 Å². The number of H-pyrrole nitrogens is 1. The Labute approximate surface area is 161 Å². The fourth-order valence-electron chi connectivity index (χ4n) is 3.84. The number of aromatic nitrogens is 5. The summed E-state index contributed by atoms with van der Waals surface area (Å²) in [7, 11) is 0. The maximum atomic E-state index is 12.1. The Morgan fingerprint density at radius 2 is 2.21 bits per heavy atom. The first-order valence-corrected chi connectivity index (χ1v) is 9.57. The Bertz CT molecular complexity index is 1140. The van der Waals surface area contributed by atoms with Crippen molar-refractivity contribution in [2.75, 3.05) is 13.1 Å². The number of fused-ring (bicyclic) bond motifs is 2. The molecule has 1 atom stereocenters. The zero-order chi connectivity index (χ0) is 18.9. The van der Waals surface area contributed by atoms with Gasteiger partial charge < -0.3 is 15.6 Å². The second-order valence-corrected chi connectivity index (χ2v) is 7.06. The molecular weight excluding hydrogens is 354 g/mol. The zero-order valence-electron chi connectivity index (χ0n) is 15.4. The molecule has 1 aliphatic rings. The van der Waals surface area contributed by atoms with Gasteiger partial charge in [0, 0.05) is 42.0 Å². The predicted molar refractivity (Wildman–Crippen MR) is 106 cm³/mol. The lowest BCUT2D eigenvalue weighted by Gasteiger charge is -2.10. The van der Waals surface area contributed by atoms with E-state index in [0.29, 0.717) is 6.54 Å². The largest absolute Gasteiger partial charge is 0.354 e. The van der Waals surface area contributed by atoms with Crippen LogP contribution in [0.4, 0.5) is 0 Å². The second-order valence-electron chi connectivity index (χ2n) is 7.06. The van der Waals surface area contributed by atoms with Gasteiger partial charge in [-0.15, -0.1) is 0 Å². The van der Waals surface area contributed by atoms with E-state index in [2.05, 4.69) is 36.9 Å². The Hall–Kier alpha value is -3.26. The van der Waals surface area contributed by atoms with Gasteiger partial charge in [-0.3, -0.25) is 4.79 Å². The minimum Gasteiger partial charge on any atom is -0.354 e. The summed E-state index contributed by atoms with van der Waals surface area (Å²) in [5.41, 5.74) is 4.92. The Balaban J connectivity index is 1.38. The van der Waals surface area contributed by atoms with Crippen molar-refractivity contribution in [2.45, 2.75) is 25.3 Å². The number of hydrogen-bond donors (Lipinski definition) is 3. The Kier molecular flexibility index (Phi) is 4.25. The normalized spacial score (nSPS) is 16.8. The van der Waals surface area contributed by atoms with E-state index in [1.165, 1.54) is 0 Å². The first-order chi connectivity index (χ1) is 13.8. The molecule has 0 unspecified atom stereocenters. The van der Waals surface area contributed by atoms with Gasteiger partial charge in [-0.05, 0) is 49.2 Å². The molecule has 0 saturated carbocycles. The highest BCUT2D eigenvalue weighted by molar-refractivity contribution is 5.97. The van der Waals surface area contributed by atoms with Crippen molar-refractivity contribution in [3.63, 3.8) is 0 Å². The first-order valence-electron chi connectivity index (χ1n) is 9.57. The van der Waals surface area contributed by atoms with Gasteiger partial charge in [-0.25, -0.2) is 4.98 Å². The highest BCUT2D eigenvalue weighted by Gasteiger charge is 2.21. The SMILES string of the molecule is O=C(NCCc1cc2c(-c3cnn4ncccc34)ccnc2[nH]1)[C@@H]1CCCN1. The maximum Gasteiger partial charge on any atom is 0.237 e. The summed E-state index contributed by atoms with van der Waals surface area (Å²) in [4.78, 5) is 20.0. The van der Waals surface area contributed by atoms with Crippen molar-refractivity contribution < 1.29 is 4.79 Å². The summed E-state index contributed by atoms with van der Waals surface area (Å²) in [6.45, 7) is 1.52. The minimum atomic E-state index is -0.0415. The molecule has 0 radical (unpaired) electrons. The van der Waals surface area contributed by atoms with Crippen molar-refractivity contribution in [1.29, 1.82) is 0 Å². The molecule has 5 heterocycles. The van der Waals surface area contributed by atoms with E-state index < -0.39 is 0 Å². The number of rotatable bonds is 5. The molecule has 0 aliphatic carbocycles. The van der Waals surface area contributed by atoms with Crippen LogP contribution < -0.4 is 10.6 Å². The predicted octanol–water partition coefficient (Wildman–Crippen LogP) is 1.68. The summed E-state index contributed by atoms with van der Waals surface area (Å²) in [6.07, 6.45) is 8.05. The van der Waals surface area contributed by atoms with Gasteiger partial charge in [0.15, 0.2) is 0 Å². The molecule has 4 aromatic heterocycles. The number of carbonyl (C=O) groups excluding carboxylic acids is 1. The van der Waals surface area contributed by atoms with Gasteiger partial charge in [0.1, 0.15) is 5.65 Å². The van der Waals surface area contributed by atoms with E-state index in [9.17, 15) is 4.79 Å². The third-order valence-corrected chi connectivity index (χ3v) is 5.25. The monoisotopic (exact) mass is 375 g/mol. The van der Waals surface area contributed by atoms with Crippen molar-refractivity contribution >= 4 is 22.5 Å². The molecule has 5 rings (SSSR count). The molecule has 0 spiro atoms. The van der Waals surface area contributed by atoms with Crippen LogP contribution >= 0.6 is 0 Å².